The molecule has 0 radical (unpaired) electrons. The number of nitrogens with one attached hydrogen (secondary N) is 1. The van der Waals surface area contributed by atoms with Gasteiger partial charge in [0.15, 0.2) is 5.96 Å². The van der Waals surface area contributed by atoms with Gasteiger partial charge in [-0.05, 0) is 61.7 Å². The van der Waals surface area contributed by atoms with Crippen LogP contribution in [0.1, 0.15) is 49.7 Å². The van der Waals surface area contributed by atoms with Crippen LogP contribution in [0.25, 0.3) is 0 Å². The largest absolute Gasteiger partial charge is 0.352 e. The molecule has 0 unspecified atom stereocenters. The molecule has 1 N–H and O–H groups in total. The normalized spacial score (nSPS) is 23.2. The SMILES string of the molecule is CN=C(NCc1ccc(CN2CCCC2)cc1)N1CCC2(CCC2)C1. The Labute approximate surface area is 152 Å². The first-order valence-corrected chi connectivity index (χ1v) is 10.0. The Kier molecular flexibility index (Phi) is 4.98. The first kappa shape index (κ1) is 16.9. The number of nitrogens with zero attached hydrogens (tertiary/aromatic N) is 3. The summed E-state index contributed by atoms with van der Waals surface area (Å²) in [5, 5.41) is 3.57. The maximum absolute atomic E-state index is 4.52. The van der Waals surface area contributed by atoms with E-state index < -0.39 is 0 Å². The molecule has 1 aromatic carbocycles. The van der Waals surface area contributed by atoms with E-state index in [1.807, 2.05) is 7.05 Å². The molecule has 0 bridgehead atoms. The average Bonchev–Trinajstić information content (AvgIpc) is 3.26. The molecule has 2 saturated heterocycles. The minimum atomic E-state index is 0.620. The Bertz CT molecular complexity index is 597. The molecule has 25 heavy (non-hydrogen) atoms. The zero-order chi connectivity index (χ0) is 17.1. The maximum atomic E-state index is 4.52. The summed E-state index contributed by atoms with van der Waals surface area (Å²) in [4.78, 5) is 9.53. The van der Waals surface area contributed by atoms with Crippen molar-refractivity contribution in [1.82, 2.24) is 15.1 Å². The predicted molar refractivity (Wildman–Crippen MR) is 104 cm³/mol. The maximum Gasteiger partial charge on any atom is 0.193 e. The minimum Gasteiger partial charge on any atom is -0.352 e. The summed E-state index contributed by atoms with van der Waals surface area (Å²) >= 11 is 0. The summed E-state index contributed by atoms with van der Waals surface area (Å²) in [6.07, 6.45) is 8.32. The second-order valence-electron chi connectivity index (χ2n) is 8.23. The van der Waals surface area contributed by atoms with E-state index in [1.165, 1.54) is 69.3 Å². The van der Waals surface area contributed by atoms with E-state index in [1.54, 1.807) is 0 Å². The minimum absolute atomic E-state index is 0.620. The molecule has 4 nitrogen and oxygen atoms in total. The van der Waals surface area contributed by atoms with Gasteiger partial charge in [-0.1, -0.05) is 30.7 Å². The molecule has 0 aromatic heterocycles. The van der Waals surface area contributed by atoms with Crippen molar-refractivity contribution in [3.8, 4) is 0 Å². The summed E-state index contributed by atoms with van der Waals surface area (Å²) in [5.41, 5.74) is 3.39. The summed E-state index contributed by atoms with van der Waals surface area (Å²) in [6, 6.07) is 9.11. The number of hydrogen-bond acceptors (Lipinski definition) is 2. The van der Waals surface area contributed by atoms with Gasteiger partial charge in [-0.15, -0.1) is 0 Å². The van der Waals surface area contributed by atoms with E-state index in [-0.39, 0.29) is 0 Å². The molecule has 1 aromatic rings. The molecule has 1 saturated carbocycles. The van der Waals surface area contributed by atoms with Crippen LogP contribution in [0.15, 0.2) is 29.3 Å². The quantitative estimate of drug-likeness (QED) is 0.674. The van der Waals surface area contributed by atoms with Gasteiger partial charge in [0.05, 0.1) is 0 Å². The summed E-state index contributed by atoms with van der Waals surface area (Å²) in [6.45, 7) is 6.84. The Balaban J connectivity index is 1.28. The van der Waals surface area contributed by atoms with Crippen LogP contribution in [0.5, 0.6) is 0 Å². The molecule has 0 amide bonds. The van der Waals surface area contributed by atoms with Gasteiger partial charge in [0, 0.05) is 33.2 Å². The highest BCUT2D eigenvalue weighted by atomic mass is 15.3. The van der Waals surface area contributed by atoms with E-state index in [0.29, 0.717) is 5.41 Å². The summed E-state index contributed by atoms with van der Waals surface area (Å²) in [5.74, 6) is 1.07. The van der Waals surface area contributed by atoms with Gasteiger partial charge in [0.2, 0.25) is 0 Å². The molecule has 1 aliphatic carbocycles. The Morgan fingerprint density at radius 2 is 1.72 bits per heavy atom. The number of hydrogen-bond donors (Lipinski definition) is 1. The zero-order valence-corrected chi connectivity index (χ0v) is 15.6. The molecule has 3 fully saturated rings. The first-order valence-electron chi connectivity index (χ1n) is 10.0. The molecule has 3 aliphatic rings. The third-order valence-corrected chi connectivity index (χ3v) is 6.44. The zero-order valence-electron chi connectivity index (χ0n) is 15.6. The number of benzene rings is 1. The Morgan fingerprint density at radius 3 is 2.32 bits per heavy atom. The van der Waals surface area contributed by atoms with Crippen LogP contribution >= 0.6 is 0 Å². The number of guanidine groups is 1. The predicted octanol–water partition coefficient (Wildman–Crippen LogP) is 3.23. The second kappa shape index (κ2) is 7.36. The van der Waals surface area contributed by atoms with Gasteiger partial charge in [0.1, 0.15) is 0 Å². The van der Waals surface area contributed by atoms with Crippen LogP contribution in [0.2, 0.25) is 0 Å². The van der Waals surface area contributed by atoms with Gasteiger partial charge < -0.3 is 10.2 Å². The molecule has 4 heteroatoms. The molecule has 1 spiro atoms. The van der Waals surface area contributed by atoms with Gasteiger partial charge in [0.25, 0.3) is 0 Å². The number of aliphatic imine (C=N–C) groups is 1. The topological polar surface area (TPSA) is 30.9 Å². The van der Waals surface area contributed by atoms with E-state index in [0.717, 1.165) is 25.6 Å². The molecular weight excluding hydrogens is 308 g/mol. The molecule has 2 aliphatic heterocycles. The third kappa shape index (κ3) is 3.84. The highest BCUT2D eigenvalue weighted by Crippen LogP contribution is 2.47. The van der Waals surface area contributed by atoms with Gasteiger partial charge in [-0.25, -0.2) is 0 Å². The average molecular weight is 341 g/mol. The van der Waals surface area contributed by atoms with Gasteiger partial charge >= 0.3 is 0 Å². The molecule has 136 valence electrons. The van der Waals surface area contributed by atoms with Crippen molar-refractivity contribution >= 4 is 5.96 Å². The van der Waals surface area contributed by atoms with Crippen LogP contribution in [0.4, 0.5) is 0 Å². The van der Waals surface area contributed by atoms with Crippen molar-refractivity contribution in [1.29, 1.82) is 0 Å². The van der Waals surface area contributed by atoms with Crippen LogP contribution in [0.3, 0.4) is 0 Å². The number of likely N-dealkylation sites (tertiary alicyclic amines) is 2. The fraction of sp³-hybridized carbons (Fsp3) is 0.667. The second-order valence-corrected chi connectivity index (χ2v) is 8.23. The lowest BCUT2D eigenvalue weighted by Crippen LogP contribution is -2.42. The van der Waals surface area contributed by atoms with Crippen LogP contribution < -0.4 is 5.32 Å². The number of rotatable bonds is 4. The highest BCUT2D eigenvalue weighted by Gasteiger charge is 2.43. The lowest BCUT2D eigenvalue weighted by molar-refractivity contribution is 0.151. The van der Waals surface area contributed by atoms with Crippen molar-refractivity contribution in [3.05, 3.63) is 35.4 Å². The van der Waals surface area contributed by atoms with E-state index in [9.17, 15) is 0 Å². The van der Waals surface area contributed by atoms with Gasteiger partial charge in [-0.2, -0.15) is 0 Å². The fourth-order valence-electron chi connectivity index (χ4n) is 4.68. The summed E-state index contributed by atoms with van der Waals surface area (Å²) in [7, 11) is 1.91. The van der Waals surface area contributed by atoms with E-state index in [2.05, 4.69) is 44.4 Å². The van der Waals surface area contributed by atoms with Crippen molar-refractivity contribution < 1.29 is 0 Å². The van der Waals surface area contributed by atoms with E-state index >= 15 is 0 Å². The lowest BCUT2D eigenvalue weighted by Gasteiger charge is -2.38. The van der Waals surface area contributed by atoms with E-state index in [4.69, 9.17) is 0 Å². The van der Waals surface area contributed by atoms with Crippen molar-refractivity contribution in [2.24, 2.45) is 10.4 Å². The Hall–Kier alpha value is -1.55. The monoisotopic (exact) mass is 340 g/mol. The van der Waals surface area contributed by atoms with Crippen LogP contribution in [-0.4, -0.2) is 49.0 Å². The molecule has 4 rings (SSSR count). The van der Waals surface area contributed by atoms with Crippen molar-refractivity contribution in [2.75, 3.05) is 33.2 Å². The summed E-state index contributed by atoms with van der Waals surface area (Å²) < 4.78 is 0. The first-order chi connectivity index (χ1) is 12.3. The van der Waals surface area contributed by atoms with Crippen molar-refractivity contribution in [3.63, 3.8) is 0 Å². The Morgan fingerprint density at radius 1 is 1.00 bits per heavy atom. The molecule has 0 atom stereocenters. The van der Waals surface area contributed by atoms with Gasteiger partial charge in [-0.3, -0.25) is 9.89 Å². The van der Waals surface area contributed by atoms with Crippen LogP contribution in [-0.2, 0) is 13.1 Å². The standard InChI is InChI=1S/C21H32N4/c1-22-20(25-14-11-21(17-25)9-4-10-21)23-15-18-5-7-19(8-6-18)16-24-12-2-3-13-24/h5-8H,2-4,9-17H2,1H3,(H,22,23). The third-order valence-electron chi connectivity index (χ3n) is 6.44. The fourth-order valence-corrected chi connectivity index (χ4v) is 4.68. The van der Waals surface area contributed by atoms with Crippen molar-refractivity contribution in [2.45, 2.75) is 51.6 Å². The van der Waals surface area contributed by atoms with Crippen LogP contribution in [0, 0.1) is 5.41 Å². The molecule has 2 heterocycles. The lowest BCUT2D eigenvalue weighted by atomic mass is 9.68. The molecular formula is C21H32N4. The highest BCUT2D eigenvalue weighted by molar-refractivity contribution is 5.80. The smallest absolute Gasteiger partial charge is 0.193 e.